The Bertz CT molecular complexity index is 796. The maximum atomic E-state index is 11.8. The van der Waals surface area contributed by atoms with E-state index < -0.39 is 15.8 Å². The number of aromatic nitrogens is 2. The maximum absolute atomic E-state index is 11.8. The van der Waals surface area contributed by atoms with Crippen LogP contribution in [0, 0.1) is 0 Å². The molecule has 0 amide bonds. The van der Waals surface area contributed by atoms with Gasteiger partial charge in [0.2, 0.25) is 0 Å². The molecule has 0 atom stereocenters. The Morgan fingerprint density at radius 3 is 2.62 bits per heavy atom. The van der Waals surface area contributed by atoms with Gasteiger partial charge >= 0.3 is 5.97 Å². The molecule has 1 N–H and O–H groups in total. The molecule has 2 aromatic rings. The van der Waals surface area contributed by atoms with E-state index in [-0.39, 0.29) is 10.6 Å². The standard InChI is InChI=1S/C12H15N3O4S2/c1-14(2)15-8-5-4-6-9(21(3,18)19)11(8)13-12(15)20-7-10(16)17/h4-6H,7H2,1-3H3,(H,16,17). The average Bonchev–Trinajstić information content (AvgIpc) is 2.72. The monoisotopic (exact) mass is 329 g/mol. The number of sulfone groups is 1. The van der Waals surface area contributed by atoms with E-state index in [1.54, 1.807) is 35.9 Å². The van der Waals surface area contributed by atoms with E-state index in [0.717, 1.165) is 18.0 Å². The van der Waals surface area contributed by atoms with E-state index in [2.05, 4.69) is 4.98 Å². The van der Waals surface area contributed by atoms with Crippen molar-refractivity contribution in [1.82, 2.24) is 9.66 Å². The van der Waals surface area contributed by atoms with Gasteiger partial charge in [-0.1, -0.05) is 17.8 Å². The minimum Gasteiger partial charge on any atom is -0.481 e. The molecule has 9 heteroatoms. The van der Waals surface area contributed by atoms with E-state index in [9.17, 15) is 13.2 Å². The van der Waals surface area contributed by atoms with Crippen LogP contribution in [-0.2, 0) is 14.6 Å². The Labute approximate surface area is 126 Å². The Hall–Kier alpha value is -1.74. The second-order valence-corrected chi connectivity index (χ2v) is 7.56. The van der Waals surface area contributed by atoms with Gasteiger partial charge in [0.05, 0.1) is 16.2 Å². The normalized spacial score (nSPS) is 11.8. The van der Waals surface area contributed by atoms with Crippen LogP contribution in [0.2, 0.25) is 0 Å². The number of rotatable bonds is 5. The number of aliphatic carboxylic acids is 1. The smallest absolute Gasteiger partial charge is 0.313 e. The fourth-order valence-corrected chi connectivity index (χ4v) is 3.57. The van der Waals surface area contributed by atoms with Crippen LogP contribution in [0.15, 0.2) is 28.3 Å². The zero-order chi connectivity index (χ0) is 15.8. The molecule has 0 bridgehead atoms. The molecule has 0 radical (unpaired) electrons. The summed E-state index contributed by atoms with van der Waals surface area (Å²) in [6.07, 6.45) is 1.13. The number of fused-ring (bicyclic) bond motifs is 1. The molecule has 0 saturated heterocycles. The fraction of sp³-hybridized carbons (Fsp3) is 0.333. The number of thioether (sulfide) groups is 1. The van der Waals surface area contributed by atoms with Gasteiger partial charge < -0.3 is 10.1 Å². The Balaban J connectivity index is 2.70. The lowest BCUT2D eigenvalue weighted by Crippen LogP contribution is -2.25. The molecule has 7 nitrogen and oxygen atoms in total. The van der Waals surface area contributed by atoms with Crippen LogP contribution in [0.1, 0.15) is 0 Å². The number of carbonyl (C=O) groups is 1. The van der Waals surface area contributed by atoms with Gasteiger partial charge in [-0.25, -0.2) is 18.1 Å². The predicted octanol–water partition coefficient (Wildman–Crippen LogP) is 0.814. The second kappa shape index (κ2) is 5.57. The molecular formula is C12H15N3O4S2. The summed E-state index contributed by atoms with van der Waals surface area (Å²) in [4.78, 5) is 15.2. The third-order valence-corrected chi connectivity index (χ3v) is 4.76. The zero-order valence-corrected chi connectivity index (χ0v) is 13.4. The summed E-state index contributed by atoms with van der Waals surface area (Å²) in [5, 5.41) is 11.0. The Morgan fingerprint density at radius 1 is 1.43 bits per heavy atom. The summed E-state index contributed by atoms with van der Waals surface area (Å²) in [7, 11) is 0.144. The van der Waals surface area contributed by atoms with Gasteiger partial charge in [-0.3, -0.25) is 4.79 Å². The van der Waals surface area contributed by atoms with E-state index in [1.165, 1.54) is 6.07 Å². The molecule has 1 heterocycles. The van der Waals surface area contributed by atoms with Crippen LogP contribution >= 0.6 is 11.8 Å². The van der Waals surface area contributed by atoms with Gasteiger partial charge in [0.1, 0.15) is 5.52 Å². The second-order valence-electron chi connectivity index (χ2n) is 4.63. The summed E-state index contributed by atoms with van der Waals surface area (Å²) in [5.41, 5.74) is 0.970. The third kappa shape index (κ3) is 3.13. The molecule has 2 rings (SSSR count). The molecule has 1 aromatic heterocycles. The first-order valence-electron chi connectivity index (χ1n) is 5.95. The number of hydrogen-bond donors (Lipinski definition) is 1. The summed E-state index contributed by atoms with van der Waals surface area (Å²) < 4.78 is 25.4. The van der Waals surface area contributed by atoms with Crippen molar-refractivity contribution in [2.24, 2.45) is 0 Å². The van der Waals surface area contributed by atoms with Crippen LogP contribution < -0.4 is 5.01 Å². The summed E-state index contributed by atoms with van der Waals surface area (Å²) in [5.74, 6) is -1.11. The molecule has 0 fully saturated rings. The summed E-state index contributed by atoms with van der Waals surface area (Å²) >= 11 is 1.04. The average molecular weight is 329 g/mol. The number of carboxylic acids is 1. The summed E-state index contributed by atoms with van der Waals surface area (Å²) in [6, 6.07) is 4.89. The van der Waals surface area contributed by atoms with Crippen molar-refractivity contribution in [3.8, 4) is 0 Å². The van der Waals surface area contributed by atoms with Crippen molar-refractivity contribution in [1.29, 1.82) is 0 Å². The molecule has 0 aliphatic rings. The predicted molar refractivity (Wildman–Crippen MR) is 81.3 cm³/mol. The van der Waals surface area contributed by atoms with Gasteiger partial charge in [0.15, 0.2) is 15.0 Å². The lowest BCUT2D eigenvalue weighted by atomic mass is 10.3. The maximum Gasteiger partial charge on any atom is 0.313 e. The summed E-state index contributed by atoms with van der Waals surface area (Å²) in [6.45, 7) is 0. The Morgan fingerprint density at radius 2 is 2.10 bits per heavy atom. The first kappa shape index (κ1) is 15.6. The van der Waals surface area contributed by atoms with Crippen molar-refractivity contribution in [2.75, 3.05) is 31.1 Å². The van der Waals surface area contributed by atoms with Crippen LogP contribution in [0.25, 0.3) is 11.0 Å². The molecule has 114 valence electrons. The van der Waals surface area contributed by atoms with Gasteiger partial charge in [0, 0.05) is 20.4 Å². The van der Waals surface area contributed by atoms with E-state index in [4.69, 9.17) is 5.11 Å². The molecular weight excluding hydrogens is 314 g/mol. The molecule has 0 spiro atoms. The highest BCUT2D eigenvalue weighted by atomic mass is 32.2. The molecule has 0 aliphatic carbocycles. The van der Waals surface area contributed by atoms with Gasteiger partial charge in [-0.2, -0.15) is 0 Å². The highest BCUT2D eigenvalue weighted by Crippen LogP contribution is 2.28. The molecule has 0 unspecified atom stereocenters. The lowest BCUT2D eigenvalue weighted by molar-refractivity contribution is -0.133. The zero-order valence-electron chi connectivity index (χ0n) is 11.8. The number of hydrogen-bond acceptors (Lipinski definition) is 6. The molecule has 1 aromatic carbocycles. The highest BCUT2D eigenvalue weighted by molar-refractivity contribution is 7.99. The van der Waals surface area contributed by atoms with E-state index in [1.807, 2.05) is 0 Å². The third-order valence-electron chi connectivity index (χ3n) is 2.72. The van der Waals surface area contributed by atoms with E-state index >= 15 is 0 Å². The van der Waals surface area contributed by atoms with Crippen molar-refractivity contribution >= 4 is 38.6 Å². The van der Waals surface area contributed by atoms with Crippen LogP contribution in [0.5, 0.6) is 0 Å². The quantitative estimate of drug-likeness (QED) is 0.812. The molecule has 21 heavy (non-hydrogen) atoms. The lowest BCUT2D eigenvalue weighted by Gasteiger charge is -2.17. The van der Waals surface area contributed by atoms with Crippen LogP contribution in [0.4, 0.5) is 0 Å². The van der Waals surface area contributed by atoms with Gasteiger partial charge in [-0.05, 0) is 12.1 Å². The van der Waals surface area contributed by atoms with Gasteiger partial charge in [-0.15, -0.1) is 0 Å². The largest absolute Gasteiger partial charge is 0.481 e. The first-order chi connectivity index (χ1) is 9.71. The Kier molecular flexibility index (Phi) is 4.15. The van der Waals surface area contributed by atoms with Crippen molar-refractivity contribution in [2.45, 2.75) is 10.1 Å². The minimum atomic E-state index is -3.41. The first-order valence-corrected chi connectivity index (χ1v) is 8.83. The highest BCUT2D eigenvalue weighted by Gasteiger charge is 2.20. The minimum absolute atomic E-state index is 0.137. The van der Waals surface area contributed by atoms with Crippen molar-refractivity contribution in [3.63, 3.8) is 0 Å². The fourth-order valence-electron chi connectivity index (χ4n) is 1.95. The SMILES string of the molecule is CN(C)n1c(SCC(=O)O)nc2c(S(C)(=O)=O)cccc21. The van der Waals surface area contributed by atoms with Crippen LogP contribution in [-0.4, -0.2) is 55.3 Å². The number of imidazole rings is 1. The molecule has 0 aliphatic heterocycles. The van der Waals surface area contributed by atoms with E-state index in [0.29, 0.717) is 16.2 Å². The van der Waals surface area contributed by atoms with Crippen LogP contribution in [0.3, 0.4) is 0 Å². The number of para-hydroxylation sites is 1. The number of benzene rings is 1. The molecule has 0 saturated carbocycles. The van der Waals surface area contributed by atoms with Crippen molar-refractivity contribution in [3.05, 3.63) is 18.2 Å². The number of nitrogens with zero attached hydrogens (tertiary/aromatic N) is 3. The topological polar surface area (TPSA) is 92.5 Å². The van der Waals surface area contributed by atoms with Crippen molar-refractivity contribution < 1.29 is 18.3 Å². The number of carboxylic acid groups (broad SMARTS) is 1. The van der Waals surface area contributed by atoms with Gasteiger partial charge in [0.25, 0.3) is 0 Å².